The highest BCUT2D eigenvalue weighted by molar-refractivity contribution is 7.92. The zero-order chi connectivity index (χ0) is 27.5. The highest BCUT2D eigenvalue weighted by Crippen LogP contribution is 2.39. The van der Waals surface area contributed by atoms with Crippen molar-refractivity contribution in [2.75, 3.05) is 17.9 Å². The van der Waals surface area contributed by atoms with E-state index in [9.17, 15) is 18.3 Å². The average Bonchev–Trinajstić information content (AvgIpc) is 3.24. The van der Waals surface area contributed by atoms with E-state index in [-0.39, 0.29) is 22.7 Å². The molecular weight excluding hydrogens is 506 g/mol. The van der Waals surface area contributed by atoms with Crippen molar-refractivity contribution in [1.29, 1.82) is 0 Å². The number of rotatable bonds is 8. The van der Waals surface area contributed by atoms with Crippen molar-refractivity contribution in [1.82, 2.24) is 10.3 Å². The quantitative estimate of drug-likeness (QED) is 0.226. The minimum Gasteiger partial charge on any atom is -0.394 e. The van der Waals surface area contributed by atoms with E-state index in [4.69, 9.17) is 9.84 Å². The second-order valence-electron chi connectivity index (χ2n) is 9.94. The van der Waals surface area contributed by atoms with Crippen LogP contribution in [0.4, 0.5) is 10.5 Å². The lowest BCUT2D eigenvalue weighted by Crippen LogP contribution is -2.35. The summed E-state index contributed by atoms with van der Waals surface area (Å²) in [5, 5.41) is 21.5. The number of aromatic amines is 1. The highest BCUT2D eigenvalue weighted by Gasteiger charge is 2.21. The van der Waals surface area contributed by atoms with E-state index < -0.39 is 28.8 Å². The number of fused-ring (bicyclic) bond motifs is 1. The van der Waals surface area contributed by atoms with E-state index in [1.807, 2.05) is 42.5 Å². The van der Waals surface area contributed by atoms with Crippen LogP contribution >= 0.6 is 0 Å². The van der Waals surface area contributed by atoms with Gasteiger partial charge in [-0.25, -0.2) is 13.2 Å². The second-order valence-corrected chi connectivity index (χ2v) is 11.6. The summed E-state index contributed by atoms with van der Waals surface area (Å²) >= 11 is 0. The molecule has 0 aliphatic rings. The number of ether oxygens (including phenoxy) is 1. The van der Waals surface area contributed by atoms with Gasteiger partial charge in [-0.15, -0.1) is 0 Å². The molecule has 1 atom stereocenters. The van der Waals surface area contributed by atoms with Crippen LogP contribution in [0.1, 0.15) is 26.3 Å². The van der Waals surface area contributed by atoms with Crippen LogP contribution in [0, 0.1) is 0 Å². The number of carbonyl (C=O) groups is 1. The Balaban J connectivity index is 1.67. The van der Waals surface area contributed by atoms with Crippen LogP contribution < -0.4 is 14.8 Å². The van der Waals surface area contributed by atoms with Crippen molar-refractivity contribution in [3.05, 3.63) is 78.4 Å². The molecule has 1 aromatic heterocycles. The predicted octanol–water partition coefficient (Wildman–Crippen LogP) is 4.37. The third-order valence-corrected chi connectivity index (χ3v) is 7.39. The number of carbonyl (C=O) groups excluding carboxylic acids is 1. The van der Waals surface area contributed by atoms with E-state index in [1.165, 1.54) is 0 Å². The SMILES string of the molecule is CC(C)(C)c1ccc(S(=O)(=O)Nc2ccc3[nH]c(OC(=O)NCC(O)CO)c(-c4ccccc4)c3c2)cc1. The van der Waals surface area contributed by atoms with E-state index in [2.05, 4.69) is 35.8 Å². The molecule has 1 unspecified atom stereocenters. The number of aromatic nitrogens is 1. The average molecular weight is 538 g/mol. The third kappa shape index (κ3) is 6.16. The lowest BCUT2D eigenvalue weighted by Gasteiger charge is -2.19. The summed E-state index contributed by atoms with van der Waals surface area (Å²) < 4.78 is 34.4. The summed E-state index contributed by atoms with van der Waals surface area (Å²) in [6, 6.07) is 21.0. The van der Waals surface area contributed by atoms with Crippen LogP contribution in [0.25, 0.3) is 22.0 Å². The van der Waals surface area contributed by atoms with E-state index in [0.717, 1.165) is 11.1 Å². The molecule has 0 spiro atoms. The Morgan fingerprint density at radius 1 is 1.03 bits per heavy atom. The molecule has 4 rings (SSSR count). The Morgan fingerprint density at radius 2 is 1.71 bits per heavy atom. The molecule has 0 saturated heterocycles. The monoisotopic (exact) mass is 537 g/mol. The standard InChI is InChI=1S/C28H31N3O6S/c1-28(2,3)19-9-12-22(13-10-19)38(35,36)31-20-11-14-24-23(15-20)25(18-7-5-4-6-8-18)26(30-24)37-27(34)29-16-21(33)17-32/h4-15,21,30-33H,16-17H2,1-3H3,(H,29,34). The minimum atomic E-state index is -3.85. The number of aliphatic hydroxyl groups excluding tert-OH is 2. The summed E-state index contributed by atoms with van der Waals surface area (Å²) in [6.45, 7) is 5.50. The zero-order valence-electron chi connectivity index (χ0n) is 21.4. The first-order valence-corrected chi connectivity index (χ1v) is 13.6. The molecule has 4 aromatic rings. The van der Waals surface area contributed by atoms with Gasteiger partial charge in [0.2, 0.25) is 5.88 Å². The van der Waals surface area contributed by atoms with Gasteiger partial charge < -0.3 is 25.3 Å². The minimum absolute atomic E-state index is 0.0990. The molecule has 9 nitrogen and oxygen atoms in total. The summed E-state index contributed by atoms with van der Waals surface area (Å²) in [5.41, 5.74) is 3.21. The fourth-order valence-corrected chi connectivity index (χ4v) is 4.99. The number of hydrogen-bond acceptors (Lipinski definition) is 6. The molecular formula is C28H31N3O6S. The van der Waals surface area contributed by atoms with Gasteiger partial charge in [-0.05, 0) is 46.9 Å². The number of amides is 1. The van der Waals surface area contributed by atoms with Gasteiger partial charge in [0.1, 0.15) is 0 Å². The van der Waals surface area contributed by atoms with Gasteiger partial charge in [0.15, 0.2) is 0 Å². The lowest BCUT2D eigenvalue weighted by molar-refractivity contribution is 0.0936. The Hall–Kier alpha value is -3.86. The molecule has 38 heavy (non-hydrogen) atoms. The van der Waals surface area contributed by atoms with Crippen LogP contribution in [0.15, 0.2) is 77.7 Å². The molecule has 1 amide bonds. The van der Waals surface area contributed by atoms with E-state index >= 15 is 0 Å². The number of anilines is 1. The Kier molecular flexibility index (Phi) is 7.77. The van der Waals surface area contributed by atoms with Gasteiger partial charge in [-0.3, -0.25) is 4.72 Å². The molecule has 0 radical (unpaired) electrons. The zero-order valence-corrected chi connectivity index (χ0v) is 22.2. The summed E-state index contributed by atoms with van der Waals surface area (Å²) in [7, 11) is -3.85. The Bertz CT molecular complexity index is 1520. The van der Waals surface area contributed by atoms with Crippen molar-refractivity contribution >= 4 is 32.7 Å². The predicted molar refractivity (Wildman–Crippen MR) is 147 cm³/mol. The van der Waals surface area contributed by atoms with Gasteiger partial charge >= 0.3 is 6.09 Å². The maximum absolute atomic E-state index is 13.1. The summed E-state index contributed by atoms with van der Waals surface area (Å²) in [5.74, 6) is 0.153. The number of benzene rings is 3. The van der Waals surface area contributed by atoms with E-state index in [0.29, 0.717) is 22.2 Å². The molecule has 3 aromatic carbocycles. The summed E-state index contributed by atoms with van der Waals surface area (Å²) in [6.07, 6.45) is -1.93. The maximum Gasteiger partial charge on any atom is 0.413 e. The van der Waals surface area contributed by atoms with Gasteiger partial charge in [0.25, 0.3) is 10.0 Å². The van der Waals surface area contributed by atoms with Crippen molar-refractivity contribution in [2.45, 2.75) is 37.2 Å². The number of nitrogens with one attached hydrogen (secondary N) is 3. The van der Waals surface area contributed by atoms with Crippen molar-refractivity contribution in [3.63, 3.8) is 0 Å². The van der Waals surface area contributed by atoms with Gasteiger partial charge in [0.05, 0.1) is 23.2 Å². The molecule has 0 bridgehead atoms. The largest absolute Gasteiger partial charge is 0.413 e. The fraction of sp³-hybridized carbons (Fsp3) is 0.250. The Labute approximate surface area is 221 Å². The van der Waals surface area contributed by atoms with Crippen LogP contribution in [-0.4, -0.2) is 49.0 Å². The number of sulfonamides is 1. The molecule has 10 heteroatoms. The van der Waals surface area contributed by atoms with Crippen molar-refractivity contribution in [2.24, 2.45) is 0 Å². The number of aliphatic hydroxyl groups is 2. The molecule has 0 aliphatic heterocycles. The fourth-order valence-electron chi connectivity index (χ4n) is 3.94. The summed E-state index contributed by atoms with van der Waals surface area (Å²) in [4.78, 5) is 15.6. The van der Waals surface area contributed by atoms with Crippen molar-refractivity contribution < 1.29 is 28.2 Å². The van der Waals surface area contributed by atoms with Crippen LogP contribution in [0.3, 0.4) is 0 Å². The normalized spacial score (nSPS) is 12.8. The smallest absolute Gasteiger partial charge is 0.394 e. The first kappa shape index (κ1) is 27.2. The van der Waals surface area contributed by atoms with Crippen LogP contribution in [0.2, 0.25) is 0 Å². The number of hydrogen-bond donors (Lipinski definition) is 5. The number of H-pyrrole nitrogens is 1. The lowest BCUT2D eigenvalue weighted by atomic mass is 9.87. The molecule has 0 fully saturated rings. The first-order chi connectivity index (χ1) is 18.0. The maximum atomic E-state index is 13.1. The highest BCUT2D eigenvalue weighted by atomic mass is 32.2. The second kappa shape index (κ2) is 10.9. The van der Waals surface area contributed by atoms with Crippen LogP contribution in [-0.2, 0) is 15.4 Å². The Morgan fingerprint density at radius 3 is 2.34 bits per heavy atom. The molecule has 0 aliphatic carbocycles. The van der Waals surface area contributed by atoms with Crippen LogP contribution in [0.5, 0.6) is 5.88 Å². The van der Waals surface area contributed by atoms with E-state index in [1.54, 1.807) is 30.3 Å². The molecule has 0 saturated carbocycles. The van der Waals surface area contributed by atoms with Gasteiger partial charge in [-0.1, -0.05) is 63.2 Å². The third-order valence-electron chi connectivity index (χ3n) is 6.00. The van der Waals surface area contributed by atoms with Crippen molar-refractivity contribution in [3.8, 4) is 17.0 Å². The molecule has 1 heterocycles. The van der Waals surface area contributed by atoms with Gasteiger partial charge in [0, 0.05) is 23.1 Å². The van der Waals surface area contributed by atoms with Gasteiger partial charge in [-0.2, -0.15) is 0 Å². The molecule has 5 N–H and O–H groups in total. The first-order valence-electron chi connectivity index (χ1n) is 12.1. The molecule has 200 valence electrons. The topological polar surface area (TPSA) is 141 Å².